The van der Waals surface area contributed by atoms with Crippen LogP contribution in [-0.2, 0) is 11.2 Å². The number of nitrogens with one attached hydrogen (secondary N) is 2. The van der Waals surface area contributed by atoms with Gasteiger partial charge in [0.05, 0.1) is 6.42 Å². The zero-order valence-electron chi connectivity index (χ0n) is 11.4. The maximum Gasteiger partial charge on any atom is 0.224 e. The number of rotatable bonds is 2. The maximum absolute atomic E-state index is 11.9. The molecule has 0 atom stereocenters. The van der Waals surface area contributed by atoms with Crippen molar-refractivity contribution in [2.45, 2.75) is 39.7 Å². The van der Waals surface area contributed by atoms with Gasteiger partial charge < -0.3 is 10.3 Å². The lowest BCUT2D eigenvalue weighted by atomic mass is 10.1. The third kappa shape index (κ3) is 2.92. The van der Waals surface area contributed by atoms with E-state index in [9.17, 15) is 4.79 Å². The molecule has 0 bridgehead atoms. The molecule has 0 unspecified atom stereocenters. The monoisotopic (exact) mass is 244 g/mol. The number of carbonyl (C=O) groups is 1. The standard InChI is InChI=1S/C15H20N2O/c1-10-5-6-13-12(7-10)11(9-16-13)8-14(18)17-15(2,3)4/h5-7,9,16H,8H2,1-4H3,(H,17,18). The Hall–Kier alpha value is -1.77. The molecule has 0 saturated heterocycles. The van der Waals surface area contributed by atoms with Crippen LogP contribution in [0.5, 0.6) is 0 Å². The topological polar surface area (TPSA) is 44.9 Å². The second kappa shape index (κ2) is 4.48. The van der Waals surface area contributed by atoms with Crippen LogP contribution in [0.4, 0.5) is 0 Å². The number of aryl methyl sites for hydroxylation is 1. The fourth-order valence-electron chi connectivity index (χ4n) is 2.07. The van der Waals surface area contributed by atoms with Crippen molar-refractivity contribution in [2.24, 2.45) is 0 Å². The van der Waals surface area contributed by atoms with Crippen LogP contribution in [0.2, 0.25) is 0 Å². The maximum atomic E-state index is 11.9. The summed E-state index contributed by atoms with van der Waals surface area (Å²) < 4.78 is 0. The van der Waals surface area contributed by atoms with Crippen molar-refractivity contribution in [1.29, 1.82) is 0 Å². The Morgan fingerprint density at radius 3 is 2.72 bits per heavy atom. The molecule has 2 rings (SSSR count). The number of hydrogen-bond donors (Lipinski definition) is 2. The van der Waals surface area contributed by atoms with Crippen LogP contribution in [-0.4, -0.2) is 16.4 Å². The van der Waals surface area contributed by atoms with Crippen molar-refractivity contribution in [1.82, 2.24) is 10.3 Å². The number of amides is 1. The van der Waals surface area contributed by atoms with Gasteiger partial charge in [0.1, 0.15) is 0 Å². The smallest absolute Gasteiger partial charge is 0.224 e. The summed E-state index contributed by atoms with van der Waals surface area (Å²) >= 11 is 0. The summed E-state index contributed by atoms with van der Waals surface area (Å²) in [5.41, 5.74) is 3.16. The first kappa shape index (κ1) is 12.7. The molecule has 3 nitrogen and oxygen atoms in total. The van der Waals surface area contributed by atoms with Crippen molar-refractivity contribution in [3.05, 3.63) is 35.5 Å². The first-order chi connectivity index (χ1) is 8.35. The number of hydrogen-bond acceptors (Lipinski definition) is 1. The third-order valence-corrected chi connectivity index (χ3v) is 2.79. The summed E-state index contributed by atoms with van der Waals surface area (Å²) in [6, 6.07) is 6.24. The second-order valence-electron chi connectivity index (χ2n) is 5.84. The first-order valence-electron chi connectivity index (χ1n) is 6.23. The average Bonchev–Trinajstić information content (AvgIpc) is 2.58. The van der Waals surface area contributed by atoms with Crippen LogP contribution >= 0.6 is 0 Å². The van der Waals surface area contributed by atoms with E-state index in [1.807, 2.05) is 27.0 Å². The van der Waals surface area contributed by atoms with E-state index >= 15 is 0 Å². The Morgan fingerprint density at radius 2 is 2.06 bits per heavy atom. The van der Waals surface area contributed by atoms with Crippen molar-refractivity contribution in [3.8, 4) is 0 Å². The minimum atomic E-state index is -0.181. The Labute approximate surface area is 108 Å². The van der Waals surface area contributed by atoms with Gasteiger partial charge in [-0.15, -0.1) is 0 Å². The molecule has 0 aliphatic carbocycles. The lowest BCUT2D eigenvalue weighted by Crippen LogP contribution is -2.41. The fourth-order valence-corrected chi connectivity index (χ4v) is 2.07. The molecule has 0 fully saturated rings. The van der Waals surface area contributed by atoms with Gasteiger partial charge in [-0.25, -0.2) is 0 Å². The highest BCUT2D eigenvalue weighted by molar-refractivity contribution is 5.89. The van der Waals surface area contributed by atoms with E-state index in [0.29, 0.717) is 6.42 Å². The molecule has 1 aromatic heterocycles. The summed E-state index contributed by atoms with van der Waals surface area (Å²) in [5.74, 6) is 0.0601. The van der Waals surface area contributed by atoms with Gasteiger partial charge in [0, 0.05) is 22.6 Å². The highest BCUT2D eigenvalue weighted by atomic mass is 16.1. The molecule has 18 heavy (non-hydrogen) atoms. The molecule has 0 radical (unpaired) electrons. The molecule has 1 aromatic carbocycles. The van der Waals surface area contributed by atoms with Gasteiger partial charge in [-0.3, -0.25) is 4.79 Å². The average molecular weight is 244 g/mol. The van der Waals surface area contributed by atoms with Gasteiger partial charge in [-0.1, -0.05) is 11.6 Å². The number of benzene rings is 1. The molecule has 1 amide bonds. The van der Waals surface area contributed by atoms with E-state index in [4.69, 9.17) is 0 Å². The highest BCUT2D eigenvalue weighted by Gasteiger charge is 2.15. The molecule has 96 valence electrons. The summed E-state index contributed by atoms with van der Waals surface area (Å²) in [5, 5.41) is 4.12. The van der Waals surface area contributed by atoms with Gasteiger partial charge in [0.25, 0.3) is 0 Å². The van der Waals surface area contributed by atoms with Gasteiger partial charge in [0.15, 0.2) is 0 Å². The molecule has 1 heterocycles. The number of aromatic nitrogens is 1. The number of aromatic amines is 1. The van der Waals surface area contributed by atoms with E-state index < -0.39 is 0 Å². The van der Waals surface area contributed by atoms with E-state index in [2.05, 4.69) is 35.4 Å². The Kier molecular flexibility index (Phi) is 3.16. The predicted molar refractivity (Wildman–Crippen MR) is 74.6 cm³/mol. The van der Waals surface area contributed by atoms with Crippen molar-refractivity contribution >= 4 is 16.8 Å². The predicted octanol–water partition coefficient (Wildman–Crippen LogP) is 2.93. The summed E-state index contributed by atoms with van der Waals surface area (Å²) in [4.78, 5) is 15.1. The van der Waals surface area contributed by atoms with Crippen LogP contribution in [0.1, 0.15) is 31.9 Å². The largest absolute Gasteiger partial charge is 0.361 e. The second-order valence-corrected chi connectivity index (χ2v) is 5.84. The molecule has 0 spiro atoms. The lowest BCUT2D eigenvalue weighted by molar-refractivity contribution is -0.121. The zero-order valence-corrected chi connectivity index (χ0v) is 11.4. The minimum Gasteiger partial charge on any atom is -0.361 e. The van der Waals surface area contributed by atoms with Crippen LogP contribution < -0.4 is 5.32 Å². The zero-order chi connectivity index (χ0) is 13.3. The number of carbonyl (C=O) groups excluding carboxylic acids is 1. The molecule has 2 N–H and O–H groups in total. The van der Waals surface area contributed by atoms with Crippen molar-refractivity contribution in [3.63, 3.8) is 0 Å². The molecule has 0 saturated carbocycles. The molecule has 0 aliphatic rings. The minimum absolute atomic E-state index is 0.0601. The Balaban J connectivity index is 2.22. The first-order valence-corrected chi connectivity index (χ1v) is 6.23. The number of H-pyrrole nitrogens is 1. The van der Waals surface area contributed by atoms with Crippen molar-refractivity contribution < 1.29 is 4.79 Å². The molecule has 0 aliphatic heterocycles. The van der Waals surface area contributed by atoms with E-state index in [-0.39, 0.29) is 11.4 Å². The van der Waals surface area contributed by atoms with E-state index in [1.54, 1.807) is 0 Å². The van der Waals surface area contributed by atoms with Gasteiger partial charge in [-0.05, 0) is 45.4 Å². The van der Waals surface area contributed by atoms with Gasteiger partial charge >= 0.3 is 0 Å². The van der Waals surface area contributed by atoms with Crippen molar-refractivity contribution in [2.75, 3.05) is 0 Å². The van der Waals surface area contributed by atoms with Gasteiger partial charge in [-0.2, -0.15) is 0 Å². The highest BCUT2D eigenvalue weighted by Crippen LogP contribution is 2.20. The normalized spacial score (nSPS) is 11.8. The summed E-state index contributed by atoms with van der Waals surface area (Å²) in [6.07, 6.45) is 2.34. The SMILES string of the molecule is Cc1ccc2[nH]cc(CC(=O)NC(C)(C)C)c2c1. The van der Waals surface area contributed by atoms with Gasteiger partial charge in [0.2, 0.25) is 5.91 Å². The fraction of sp³-hybridized carbons (Fsp3) is 0.400. The molecular formula is C15H20N2O. The molecule has 2 aromatic rings. The number of fused-ring (bicyclic) bond motifs is 1. The lowest BCUT2D eigenvalue weighted by Gasteiger charge is -2.20. The quantitative estimate of drug-likeness (QED) is 0.838. The summed E-state index contributed by atoms with van der Waals surface area (Å²) in [6.45, 7) is 8.03. The van der Waals surface area contributed by atoms with Crippen LogP contribution in [0, 0.1) is 6.92 Å². The van der Waals surface area contributed by atoms with E-state index in [0.717, 1.165) is 16.5 Å². The van der Waals surface area contributed by atoms with E-state index in [1.165, 1.54) is 5.56 Å². The van der Waals surface area contributed by atoms with Crippen LogP contribution in [0.3, 0.4) is 0 Å². The molecule has 3 heteroatoms. The summed E-state index contributed by atoms with van der Waals surface area (Å²) in [7, 11) is 0. The molecular weight excluding hydrogens is 224 g/mol. The van der Waals surface area contributed by atoms with Crippen LogP contribution in [0.25, 0.3) is 10.9 Å². The Morgan fingerprint density at radius 1 is 1.33 bits per heavy atom. The van der Waals surface area contributed by atoms with Crippen LogP contribution in [0.15, 0.2) is 24.4 Å². The Bertz CT molecular complexity index is 576. The third-order valence-electron chi connectivity index (χ3n) is 2.79.